The first kappa shape index (κ1) is 39.0. The Bertz CT molecular complexity index is 2360. The number of halogens is 13. The lowest BCUT2D eigenvalue weighted by atomic mass is 10.1. The van der Waals surface area contributed by atoms with E-state index in [-0.39, 0.29) is 27.9 Å². The third-order valence-corrected chi connectivity index (χ3v) is 6.79. The molecule has 0 atom stereocenters. The number of pyridine rings is 3. The fourth-order valence-corrected chi connectivity index (χ4v) is 4.57. The molecular formula is C31H17F13N8O2. The van der Waals surface area contributed by atoms with Crippen LogP contribution in [0, 0.1) is 23.0 Å². The van der Waals surface area contributed by atoms with Crippen molar-refractivity contribution in [3.05, 3.63) is 90.4 Å². The Morgan fingerprint density at radius 1 is 0.667 bits per heavy atom. The van der Waals surface area contributed by atoms with Crippen LogP contribution in [0.1, 0.15) is 24.3 Å². The van der Waals surface area contributed by atoms with E-state index in [1.54, 1.807) is 6.07 Å². The van der Waals surface area contributed by atoms with Gasteiger partial charge in [-0.1, -0.05) is 6.07 Å². The maximum atomic E-state index is 14.0. The van der Waals surface area contributed by atoms with E-state index in [4.69, 9.17) is 5.26 Å². The number of aromatic nitrogens is 7. The zero-order chi connectivity index (χ0) is 39.8. The van der Waals surface area contributed by atoms with Gasteiger partial charge < -0.3 is 9.47 Å². The number of rotatable bonds is 7. The molecule has 54 heavy (non-hydrogen) atoms. The molecule has 0 fully saturated rings. The number of ether oxygens (including phenoxy) is 2. The first-order valence-electron chi connectivity index (χ1n) is 14.5. The lowest BCUT2D eigenvalue weighted by Gasteiger charge is -2.11. The van der Waals surface area contributed by atoms with Gasteiger partial charge in [-0.25, -0.2) is 28.7 Å². The van der Waals surface area contributed by atoms with Crippen LogP contribution in [-0.2, 0) is 12.1 Å². The van der Waals surface area contributed by atoms with E-state index in [9.17, 15) is 57.1 Å². The molecule has 0 spiro atoms. The molecule has 6 heterocycles. The minimum Gasteiger partial charge on any atom is -0.466 e. The number of imidazole rings is 2. The number of nitriles is 1. The van der Waals surface area contributed by atoms with Crippen LogP contribution in [-0.4, -0.2) is 59.3 Å². The number of hydrogen-bond donors (Lipinski definition) is 0. The van der Waals surface area contributed by atoms with Gasteiger partial charge in [-0.15, -0.1) is 0 Å². The summed E-state index contributed by atoms with van der Waals surface area (Å²) < 4.78 is 177. The van der Waals surface area contributed by atoms with Crippen LogP contribution in [0.15, 0.2) is 61.4 Å². The van der Waals surface area contributed by atoms with Gasteiger partial charge in [0.2, 0.25) is 5.82 Å². The molecule has 0 saturated carbocycles. The topological polar surface area (TPSA) is 116 Å². The lowest BCUT2D eigenvalue weighted by molar-refractivity contribution is -0.155. The maximum absolute atomic E-state index is 14.0. The Balaban J connectivity index is 0.000000208. The van der Waals surface area contributed by atoms with Gasteiger partial charge in [-0.2, -0.15) is 53.6 Å². The highest BCUT2D eigenvalue weighted by atomic mass is 19.4. The zero-order valence-corrected chi connectivity index (χ0v) is 26.5. The average Bonchev–Trinajstić information content (AvgIpc) is 3.68. The molecule has 6 aromatic rings. The smallest absolute Gasteiger partial charge is 0.450 e. The summed E-state index contributed by atoms with van der Waals surface area (Å²) in [5.74, 6) is -9.18. The van der Waals surface area contributed by atoms with Crippen LogP contribution in [0.25, 0.3) is 33.4 Å². The molecule has 6 aromatic heterocycles. The molecule has 10 nitrogen and oxygen atoms in total. The van der Waals surface area contributed by atoms with Crippen molar-refractivity contribution >= 4 is 11.0 Å². The highest BCUT2D eigenvalue weighted by Gasteiger charge is 2.37. The van der Waals surface area contributed by atoms with Gasteiger partial charge in [-0.05, 0) is 18.2 Å². The van der Waals surface area contributed by atoms with Crippen molar-refractivity contribution in [1.82, 2.24) is 33.7 Å². The Kier molecular flexibility index (Phi) is 10.3. The van der Waals surface area contributed by atoms with Gasteiger partial charge >= 0.3 is 24.5 Å². The molecule has 0 N–H and O–H groups in total. The minimum atomic E-state index is -4.85. The van der Waals surface area contributed by atoms with E-state index in [2.05, 4.69) is 34.4 Å². The van der Waals surface area contributed by atoms with Gasteiger partial charge in [-0.3, -0.25) is 13.8 Å². The van der Waals surface area contributed by atoms with Crippen molar-refractivity contribution in [1.29, 1.82) is 5.26 Å². The Hall–Kier alpha value is -6.21. The maximum Gasteiger partial charge on any atom is 0.450 e. The Labute approximate surface area is 292 Å². The normalized spacial score (nSPS) is 12.4. The van der Waals surface area contributed by atoms with Crippen molar-refractivity contribution in [2.75, 3.05) is 13.2 Å². The quantitative estimate of drug-likeness (QED) is 0.149. The first-order chi connectivity index (χ1) is 25.0. The van der Waals surface area contributed by atoms with Crippen LogP contribution in [0.4, 0.5) is 57.1 Å². The number of hydrogen-bond acceptors (Lipinski definition) is 8. The van der Waals surface area contributed by atoms with Crippen molar-refractivity contribution in [3.8, 4) is 40.2 Å². The predicted octanol–water partition coefficient (Wildman–Crippen LogP) is 8.35. The van der Waals surface area contributed by atoms with E-state index in [0.29, 0.717) is 16.8 Å². The summed E-state index contributed by atoms with van der Waals surface area (Å²) in [5.41, 5.74) is -0.0644. The van der Waals surface area contributed by atoms with E-state index in [1.165, 1.54) is 30.7 Å². The monoisotopic (exact) mass is 780 g/mol. The summed E-state index contributed by atoms with van der Waals surface area (Å²) >= 11 is 0. The van der Waals surface area contributed by atoms with Gasteiger partial charge in [0.15, 0.2) is 36.4 Å². The molecule has 0 aliphatic rings. The average molecular weight is 781 g/mol. The van der Waals surface area contributed by atoms with Crippen LogP contribution in [0.3, 0.4) is 0 Å². The highest BCUT2D eigenvalue weighted by molar-refractivity contribution is 5.68. The zero-order valence-electron chi connectivity index (χ0n) is 26.5. The minimum absolute atomic E-state index is 0.0147. The lowest BCUT2D eigenvalue weighted by Crippen LogP contribution is -2.20. The van der Waals surface area contributed by atoms with Crippen molar-refractivity contribution in [2.45, 2.75) is 31.4 Å². The van der Waals surface area contributed by atoms with E-state index in [1.807, 2.05) is 0 Å². The summed E-state index contributed by atoms with van der Waals surface area (Å²) in [7, 11) is 0. The number of nitrogens with zero attached hydrogens (tertiary/aromatic N) is 8. The molecule has 6 rings (SSSR count). The number of fused-ring (bicyclic) bond motifs is 2. The van der Waals surface area contributed by atoms with Gasteiger partial charge in [0.05, 0.1) is 29.1 Å². The Morgan fingerprint density at radius 3 is 1.74 bits per heavy atom. The molecule has 0 bridgehead atoms. The second-order valence-electron chi connectivity index (χ2n) is 10.9. The molecule has 0 aromatic carbocycles. The van der Waals surface area contributed by atoms with Crippen molar-refractivity contribution in [3.63, 3.8) is 0 Å². The van der Waals surface area contributed by atoms with E-state index >= 15 is 0 Å². The SMILES string of the molecule is CC(F)(F)c1ncc2cnc(-c3cnc(OCC(F)(F)F)c(F)c3)cn12.N#Cc1nc(C(F)(F)F)n2cc(-c3cnc(OCC(F)(F)F)c(F)c3)ccc12. The Morgan fingerprint density at radius 2 is 1.22 bits per heavy atom. The summed E-state index contributed by atoms with van der Waals surface area (Å²) in [4.78, 5) is 17.8. The summed E-state index contributed by atoms with van der Waals surface area (Å²) in [5, 5.41) is 8.93. The van der Waals surface area contributed by atoms with Crippen LogP contribution in [0.2, 0.25) is 0 Å². The molecule has 0 aliphatic heterocycles. The standard InChI is InChI=1S/C16H7F7N4O.C15H10F6N4O/c17-10-3-9(5-25-13(10)28-7-15(18,19)20)8-1-2-12-11(4-24)26-14(16(21,22)23)27(12)6-8;1-14(17,18)13-24-5-9-4-22-11(6-25(9)13)8-2-10(16)12(23-3-8)26-7-15(19,20)21/h1-3,5-6H,7H2;2-6H,7H2,1H3. The molecular weight excluding hydrogens is 763 g/mol. The van der Waals surface area contributed by atoms with Gasteiger partial charge in [0.1, 0.15) is 6.07 Å². The van der Waals surface area contributed by atoms with E-state index in [0.717, 1.165) is 35.1 Å². The summed E-state index contributed by atoms with van der Waals surface area (Å²) in [6.45, 7) is -2.76. The molecule has 0 unspecified atom stereocenters. The largest absolute Gasteiger partial charge is 0.466 e. The van der Waals surface area contributed by atoms with Crippen LogP contribution >= 0.6 is 0 Å². The van der Waals surface area contributed by atoms with Gasteiger partial charge in [0, 0.05) is 48.4 Å². The van der Waals surface area contributed by atoms with Crippen molar-refractivity contribution < 1.29 is 66.5 Å². The number of alkyl halides is 11. The predicted molar refractivity (Wildman–Crippen MR) is 157 cm³/mol. The third-order valence-electron chi connectivity index (χ3n) is 6.79. The molecule has 23 heteroatoms. The molecule has 0 radical (unpaired) electrons. The molecule has 284 valence electrons. The second-order valence-corrected chi connectivity index (χ2v) is 10.9. The fourth-order valence-electron chi connectivity index (χ4n) is 4.57. The molecule has 0 saturated heterocycles. The first-order valence-corrected chi connectivity index (χ1v) is 14.5. The van der Waals surface area contributed by atoms with Crippen molar-refractivity contribution in [2.24, 2.45) is 0 Å². The molecule has 0 amide bonds. The van der Waals surface area contributed by atoms with Crippen LogP contribution in [0.5, 0.6) is 11.8 Å². The summed E-state index contributed by atoms with van der Waals surface area (Å²) in [6, 6.07) is 5.66. The van der Waals surface area contributed by atoms with E-state index < -0.39 is 78.4 Å². The third kappa shape index (κ3) is 9.04. The van der Waals surface area contributed by atoms with Crippen LogP contribution < -0.4 is 9.47 Å². The fraction of sp³-hybridized carbons (Fsp3) is 0.226. The summed E-state index contributed by atoms with van der Waals surface area (Å²) in [6.07, 6.45) is -7.56. The molecule has 0 aliphatic carbocycles. The van der Waals surface area contributed by atoms with Gasteiger partial charge in [0.25, 0.3) is 11.8 Å². The second kappa shape index (κ2) is 14.3. The highest BCUT2D eigenvalue weighted by Crippen LogP contribution is 2.33.